The summed E-state index contributed by atoms with van der Waals surface area (Å²) in [7, 11) is 0. The highest BCUT2D eigenvalue weighted by atomic mass is 32.1. The molecule has 0 aliphatic carbocycles. The third-order valence-corrected chi connectivity index (χ3v) is 4.87. The minimum Gasteiger partial charge on any atom is -0.309 e. The van der Waals surface area contributed by atoms with Crippen molar-refractivity contribution >= 4 is 34.0 Å². The second-order valence-electron chi connectivity index (χ2n) is 5.89. The highest BCUT2D eigenvalue weighted by Gasteiger charge is 2.29. The summed E-state index contributed by atoms with van der Waals surface area (Å²) in [6.45, 7) is 7.13. The lowest BCUT2D eigenvalue weighted by Gasteiger charge is -2.20. The van der Waals surface area contributed by atoms with Crippen molar-refractivity contribution in [1.29, 1.82) is 0 Å². The topological polar surface area (TPSA) is 62.3 Å². The molecule has 0 saturated heterocycles. The zero-order valence-electron chi connectivity index (χ0n) is 13.6. The van der Waals surface area contributed by atoms with Crippen LogP contribution in [0.4, 0.5) is 10.8 Å². The lowest BCUT2D eigenvalue weighted by molar-refractivity contribution is -0.117. The van der Waals surface area contributed by atoms with Gasteiger partial charge in [-0.1, -0.05) is 6.07 Å². The third-order valence-electron chi connectivity index (χ3n) is 3.99. The molecular formula is C17H19N3O2S. The van der Waals surface area contributed by atoms with Gasteiger partial charge in [-0.15, -0.1) is 11.3 Å². The summed E-state index contributed by atoms with van der Waals surface area (Å²) in [6.07, 6.45) is 0.852. The van der Waals surface area contributed by atoms with Gasteiger partial charge in [-0.25, -0.2) is 4.98 Å². The van der Waals surface area contributed by atoms with E-state index in [4.69, 9.17) is 0 Å². The minimum absolute atomic E-state index is 0.0711. The van der Waals surface area contributed by atoms with Gasteiger partial charge >= 0.3 is 0 Å². The molecule has 2 aromatic rings. The molecule has 1 N–H and O–H groups in total. The van der Waals surface area contributed by atoms with Crippen LogP contribution in [0.2, 0.25) is 0 Å². The van der Waals surface area contributed by atoms with Gasteiger partial charge in [-0.3, -0.25) is 9.59 Å². The number of hydrogen-bond donors (Lipinski definition) is 1. The first-order chi connectivity index (χ1) is 10.9. The summed E-state index contributed by atoms with van der Waals surface area (Å²) < 4.78 is 0. The van der Waals surface area contributed by atoms with Crippen LogP contribution in [0.5, 0.6) is 0 Å². The molecule has 1 aromatic carbocycles. The van der Waals surface area contributed by atoms with Crippen molar-refractivity contribution in [3.63, 3.8) is 0 Å². The highest BCUT2D eigenvalue weighted by Crippen LogP contribution is 2.37. The predicted octanol–water partition coefficient (Wildman–Crippen LogP) is 3.37. The second-order valence-corrected chi connectivity index (χ2v) is 7.09. The largest absolute Gasteiger partial charge is 0.309 e. The van der Waals surface area contributed by atoms with Gasteiger partial charge < -0.3 is 10.2 Å². The first-order valence-corrected chi connectivity index (χ1v) is 8.36. The van der Waals surface area contributed by atoms with Crippen LogP contribution >= 0.6 is 11.3 Å². The van der Waals surface area contributed by atoms with Crippen molar-refractivity contribution in [3.05, 3.63) is 28.6 Å². The highest BCUT2D eigenvalue weighted by molar-refractivity contribution is 7.16. The van der Waals surface area contributed by atoms with E-state index in [1.807, 2.05) is 24.0 Å². The van der Waals surface area contributed by atoms with E-state index >= 15 is 0 Å². The average molecular weight is 329 g/mol. The van der Waals surface area contributed by atoms with Crippen molar-refractivity contribution in [3.8, 4) is 11.3 Å². The number of carbonyl (C=O) groups is 2. The zero-order chi connectivity index (χ0) is 16.7. The van der Waals surface area contributed by atoms with Gasteiger partial charge in [0.2, 0.25) is 11.8 Å². The number of aryl methyl sites for hydroxylation is 1. The first-order valence-electron chi connectivity index (χ1n) is 7.55. The number of nitrogens with one attached hydrogen (secondary N) is 1. The van der Waals surface area contributed by atoms with Gasteiger partial charge in [-0.05, 0) is 38.0 Å². The fraction of sp³-hybridized carbons (Fsp3) is 0.353. The maximum Gasteiger partial charge on any atom is 0.224 e. The second kappa shape index (κ2) is 5.77. The summed E-state index contributed by atoms with van der Waals surface area (Å²) in [5, 5.41) is 3.35. The van der Waals surface area contributed by atoms with Crippen LogP contribution in [0.25, 0.3) is 11.3 Å². The van der Waals surface area contributed by atoms with Crippen molar-refractivity contribution in [2.45, 2.75) is 40.2 Å². The molecule has 1 unspecified atom stereocenters. The molecule has 0 radical (unpaired) electrons. The van der Waals surface area contributed by atoms with Gasteiger partial charge in [-0.2, -0.15) is 0 Å². The van der Waals surface area contributed by atoms with Gasteiger partial charge in [0.1, 0.15) is 0 Å². The van der Waals surface area contributed by atoms with Gasteiger partial charge in [0, 0.05) is 36.0 Å². The molecule has 1 aliphatic rings. The Hall–Kier alpha value is -2.21. The van der Waals surface area contributed by atoms with E-state index in [0.717, 1.165) is 28.2 Å². The number of rotatable bonds is 2. The molecular weight excluding hydrogens is 310 g/mol. The Kier molecular flexibility index (Phi) is 3.93. The number of carbonyl (C=O) groups excluding carboxylic acids is 2. The summed E-state index contributed by atoms with van der Waals surface area (Å²) in [4.78, 5) is 30.4. The van der Waals surface area contributed by atoms with Crippen molar-refractivity contribution in [2.75, 3.05) is 10.2 Å². The number of anilines is 2. The van der Waals surface area contributed by atoms with Crippen molar-refractivity contribution < 1.29 is 9.59 Å². The van der Waals surface area contributed by atoms with E-state index in [2.05, 4.69) is 23.3 Å². The van der Waals surface area contributed by atoms with E-state index in [9.17, 15) is 9.59 Å². The predicted molar refractivity (Wildman–Crippen MR) is 92.9 cm³/mol. The molecule has 0 fully saturated rings. The molecule has 0 bridgehead atoms. The van der Waals surface area contributed by atoms with Gasteiger partial charge in [0.15, 0.2) is 5.13 Å². The molecule has 0 spiro atoms. The Labute approximate surface area is 139 Å². The van der Waals surface area contributed by atoms with Crippen LogP contribution < -0.4 is 10.2 Å². The number of hydrogen-bond acceptors (Lipinski definition) is 4. The van der Waals surface area contributed by atoms with Crippen LogP contribution in [0.1, 0.15) is 31.2 Å². The van der Waals surface area contributed by atoms with E-state index in [1.54, 1.807) is 6.92 Å². The lowest BCUT2D eigenvalue weighted by atomic mass is 10.0. The summed E-state index contributed by atoms with van der Waals surface area (Å²) in [5.41, 5.74) is 4.06. The fourth-order valence-electron chi connectivity index (χ4n) is 3.13. The molecule has 1 aromatic heterocycles. The average Bonchev–Trinajstić information content (AvgIpc) is 2.96. The fourth-order valence-corrected chi connectivity index (χ4v) is 4.01. The van der Waals surface area contributed by atoms with E-state index in [0.29, 0.717) is 5.13 Å². The molecule has 120 valence electrons. The number of benzene rings is 1. The van der Waals surface area contributed by atoms with Crippen LogP contribution in [0.3, 0.4) is 0 Å². The molecule has 6 heteroatoms. The van der Waals surface area contributed by atoms with E-state index in [1.165, 1.54) is 23.8 Å². The Morgan fingerprint density at radius 2 is 2.09 bits per heavy atom. The first kappa shape index (κ1) is 15.7. The number of thiazole rings is 1. The molecule has 1 atom stereocenters. The molecule has 0 saturated carbocycles. The van der Waals surface area contributed by atoms with Crippen LogP contribution in [0, 0.1) is 6.92 Å². The Bertz CT molecular complexity index is 797. The SMILES string of the molecule is CC(=O)Nc1nc(-c2ccc3c(c2)CC(C)N3C(C)=O)c(C)s1. The van der Waals surface area contributed by atoms with Crippen LogP contribution in [-0.2, 0) is 16.0 Å². The number of aromatic nitrogens is 1. The van der Waals surface area contributed by atoms with E-state index in [-0.39, 0.29) is 17.9 Å². The summed E-state index contributed by atoms with van der Waals surface area (Å²) in [6, 6.07) is 6.27. The maximum absolute atomic E-state index is 11.8. The Morgan fingerprint density at radius 1 is 1.35 bits per heavy atom. The number of fused-ring (bicyclic) bond motifs is 1. The third kappa shape index (κ3) is 2.86. The minimum atomic E-state index is -0.120. The normalized spacial score (nSPS) is 16.3. The Morgan fingerprint density at radius 3 is 2.74 bits per heavy atom. The molecule has 2 amide bonds. The van der Waals surface area contributed by atoms with Gasteiger partial charge in [0.25, 0.3) is 0 Å². The molecule has 2 heterocycles. The molecule has 1 aliphatic heterocycles. The zero-order valence-corrected chi connectivity index (χ0v) is 14.5. The van der Waals surface area contributed by atoms with Gasteiger partial charge in [0.05, 0.1) is 5.69 Å². The standard InChI is InChI=1S/C17H19N3O2S/c1-9-7-14-8-13(5-6-15(14)20(9)12(4)22)16-10(2)23-17(19-16)18-11(3)21/h5-6,8-9H,7H2,1-4H3,(H,18,19,21). The monoisotopic (exact) mass is 329 g/mol. The van der Waals surface area contributed by atoms with Crippen LogP contribution in [-0.4, -0.2) is 22.8 Å². The molecule has 23 heavy (non-hydrogen) atoms. The number of amides is 2. The van der Waals surface area contributed by atoms with Crippen molar-refractivity contribution in [1.82, 2.24) is 4.98 Å². The smallest absolute Gasteiger partial charge is 0.224 e. The Balaban J connectivity index is 1.98. The quantitative estimate of drug-likeness (QED) is 0.919. The van der Waals surface area contributed by atoms with Crippen LogP contribution in [0.15, 0.2) is 18.2 Å². The number of nitrogens with zero attached hydrogens (tertiary/aromatic N) is 2. The lowest BCUT2D eigenvalue weighted by Crippen LogP contribution is -2.33. The maximum atomic E-state index is 11.8. The van der Waals surface area contributed by atoms with Crippen molar-refractivity contribution in [2.24, 2.45) is 0 Å². The summed E-state index contributed by atoms with van der Waals surface area (Å²) >= 11 is 1.47. The van der Waals surface area contributed by atoms with E-state index < -0.39 is 0 Å². The molecule has 5 nitrogen and oxygen atoms in total. The summed E-state index contributed by atoms with van der Waals surface area (Å²) in [5.74, 6) is -0.0491. The molecule has 3 rings (SSSR count).